The fraction of sp³-hybridized carbons (Fsp3) is 0.455. The van der Waals surface area contributed by atoms with Crippen LogP contribution in [0.1, 0.15) is 50.1 Å². The number of anilines is 1. The number of ether oxygens (including phenoxy) is 1. The van der Waals surface area contributed by atoms with E-state index in [-0.39, 0.29) is 6.09 Å². The van der Waals surface area contributed by atoms with Gasteiger partial charge in [-0.1, -0.05) is 24.3 Å². The van der Waals surface area contributed by atoms with Gasteiger partial charge in [0.25, 0.3) is 0 Å². The van der Waals surface area contributed by atoms with Crippen LogP contribution in [0.5, 0.6) is 0 Å². The van der Waals surface area contributed by atoms with Crippen LogP contribution in [0.15, 0.2) is 29.0 Å². The highest BCUT2D eigenvalue weighted by Crippen LogP contribution is 2.29. The van der Waals surface area contributed by atoms with Crippen LogP contribution >= 0.6 is 15.9 Å². The molecule has 3 aromatic rings. The molecule has 3 heterocycles. The third-order valence-corrected chi connectivity index (χ3v) is 5.92. The van der Waals surface area contributed by atoms with Crippen molar-refractivity contribution < 1.29 is 9.53 Å². The molecule has 9 heteroatoms. The summed E-state index contributed by atoms with van der Waals surface area (Å²) in [4.78, 5) is 27.3. The van der Waals surface area contributed by atoms with Crippen molar-refractivity contribution in [1.82, 2.24) is 24.4 Å². The number of nitrogens with two attached hydrogens (primary N) is 1. The lowest BCUT2D eigenvalue weighted by Crippen LogP contribution is -2.35. The molecule has 2 aromatic heterocycles. The van der Waals surface area contributed by atoms with Gasteiger partial charge in [-0.2, -0.15) is 0 Å². The molecule has 164 valence electrons. The predicted octanol–water partition coefficient (Wildman–Crippen LogP) is 4.25. The monoisotopic (exact) mass is 486 g/mol. The van der Waals surface area contributed by atoms with Crippen molar-refractivity contribution in [2.45, 2.75) is 52.2 Å². The highest BCUT2D eigenvalue weighted by molar-refractivity contribution is 9.10. The van der Waals surface area contributed by atoms with Crippen molar-refractivity contribution in [3.63, 3.8) is 0 Å². The van der Waals surface area contributed by atoms with E-state index in [0.29, 0.717) is 46.5 Å². The highest BCUT2D eigenvalue weighted by atomic mass is 79.9. The molecular formula is C22H27BrN6O2. The minimum Gasteiger partial charge on any atom is -0.444 e. The van der Waals surface area contributed by atoms with Crippen LogP contribution in [0.25, 0.3) is 11.2 Å². The molecule has 1 atom stereocenters. The summed E-state index contributed by atoms with van der Waals surface area (Å²) < 4.78 is 8.15. The molecule has 1 aliphatic heterocycles. The highest BCUT2D eigenvalue weighted by Gasteiger charge is 2.30. The molecule has 0 radical (unpaired) electrons. The first-order valence-corrected chi connectivity index (χ1v) is 11.1. The number of halogens is 1. The van der Waals surface area contributed by atoms with Gasteiger partial charge in [-0.15, -0.1) is 0 Å². The number of hydrogen-bond acceptors (Lipinski definition) is 6. The normalized spacial score (nSPS) is 16.8. The Morgan fingerprint density at radius 1 is 1.23 bits per heavy atom. The lowest BCUT2D eigenvalue weighted by Gasteiger charge is -2.24. The lowest BCUT2D eigenvalue weighted by atomic mass is 9.97. The summed E-state index contributed by atoms with van der Waals surface area (Å²) in [6, 6.07) is 8.50. The van der Waals surface area contributed by atoms with Crippen molar-refractivity contribution in [3.05, 3.63) is 46.0 Å². The van der Waals surface area contributed by atoms with Crippen molar-refractivity contribution in [2.75, 3.05) is 18.8 Å². The number of amides is 1. The first kappa shape index (κ1) is 21.5. The molecule has 8 nitrogen and oxygen atoms in total. The lowest BCUT2D eigenvalue weighted by molar-refractivity contribution is 0.0292. The average Bonchev–Trinajstić information content (AvgIpc) is 3.28. The number of nitrogen functional groups attached to an aromatic ring is 1. The van der Waals surface area contributed by atoms with Gasteiger partial charge in [-0.05, 0) is 61.2 Å². The molecule has 1 amide bonds. The molecular weight excluding hydrogens is 460 g/mol. The van der Waals surface area contributed by atoms with Crippen LogP contribution in [0.4, 0.5) is 10.6 Å². The number of carbonyl (C=O) groups excluding carboxylic acids is 1. The Hall–Kier alpha value is -2.68. The zero-order chi connectivity index (χ0) is 22.3. The smallest absolute Gasteiger partial charge is 0.410 e. The van der Waals surface area contributed by atoms with E-state index >= 15 is 0 Å². The molecule has 0 bridgehead atoms. The van der Waals surface area contributed by atoms with Gasteiger partial charge in [0, 0.05) is 19.0 Å². The van der Waals surface area contributed by atoms with Gasteiger partial charge in [0.1, 0.15) is 11.4 Å². The Bertz CT molecular complexity index is 1120. The van der Waals surface area contributed by atoms with Gasteiger partial charge in [-0.25, -0.2) is 19.7 Å². The van der Waals surface area contributed by atoms with Gasteiger partial charge in [-0.3, -0.25) is 4.57 Å². The number of nitrogens with zero attached hydrogens (tertiary/aromatic N) is 5. The van der Waals surface area contributed by atoms with E-state index in [0.717, 1.165) is 18.5 Å². The maximum atomic E-state index is 12.3. The number of rotatable bonds is 3. The molecule has 2 N–H and O–H groups in total. The number of benzene rings is 1. The largest absolute Gasteiger partial charge is 0.444 e. The molecule has 1 unspecified atom stereocenters. The summed E-state index contributed by atoms with van der Waals surface area (Å²) in [5.74, 6) is 1.32. The zero-order valence-corrected chi connectivity index (χ0v) is 19.8. The number of carbonyl (C=O) groups is 1. The first-order valence-electron chi connectivity index (χ1n) is 10.3. The second-order valence-electron chi connectivity index (χ2n) is 8.95. The van der Waals surface area contributed by atoms with Crippen LogP contribution in [0, 0.1) is 6.92 Å². The summed E-state index contributed by atoms with van der Waals surface area (Å²) in [7, 11) is 0. The third-order valence-electron chi connectivity index (χ3n) is 5.32. The molecule has 1 aliphatic rings. The Balaban J connectivity index is 1.47. The maximum absolute atomic E-state index is 12.3. The number of likely N-dealkylation sites (tertiary alicyclic amines) is 1. The summed E-state index contributed by atoms with van der Waals surface area (Å²) >= 11 is 3.51. The van der Waals surface area contributed by atoms with E-state index in [1.807, 2.05) is 32.3 Å². The SMILES string of the molecule is Cc1nc(N)c2nc(Br)n(Cc3ccc(C4CCN(C(=O)OC(C)(C)C)C4)cc3)c2n1. The van der Waals surface area contributed by atoms with Crippen molar-refractivity contribution in [3.8, 4) is 0 Å². The Morgan fingerprint density at radius 2 is 1.94 bits per heavy atom. The van der Waals surface area contributed by atoms with Crippen LogP contribution in [-0.4, -0.2) is 49.2 Å². The zero-order valence-electron chi connectivity index (χ0n) is 18.2. The van der Waals surface area contributed by atoms with Crippen molar-refractivity contribution in [1.29, 1.82) is 0 Å². The molecule has 0 spiro atoms. The van der Waals surface area contributed by atoms with Crippen molar-refractivity contribution >= 4 is 39.0 Å². The second kappa shape index (κ2) is 8.11. The van der Waals surface area contributed by atoms with Gasteiger partial charge in [0.15, 0.2) is 21.7 Å². The molecule has 31 heavy (non-hydrogen) atoms. The Kier molecular flexibility index (Phi) is 5.63. The molecule has 1 fully saturated rings. The van der Waals surface area contributed by atoms with E-state index in [1.54, 1.807) is 4.90 Å². The fourth-order valence-corrected chi connectivity index (χ4v) is 4.32. The molecule has 1 saturated heterocycles. The minimum absolute atomic E-state index is 0.236. The predicted molar refractivity (Wildman–Crippen MR) is 123 cm³/mol. The van der Waals surface area contributed by atoms with Crippen LogP contribution in [0.3, 0.4) is 0 Å². The molecule has 0 aliphatic carbocycles. The average molecular weight is 487 g/mol. The standard InChI is InChI=1S/C22H27BrN6O2/c1-13-25-18(24)17-19(26-13)29(20(23)27-17)11-14-5-7-15(8-6-14)16-9-10-28(12-16)21(30)31-22(2,3)4/h5-8,16H,9-12H2,1-4H3,(H2,24,25,26). The summed E-state index contributed by atoms with van der Waals surface area (Å²) in [6.07, 6.45) is 0.700. The number of aryl methyl sites for hydroxylation is 1. The second-order valence-corrected chi connectivity index (χ2v) is 9.66. The molecule has 1 aromatic carbocycles. The maximum Gasteiger partial charge on any atom is 0.410 e. The van der Waals surface area contributed by atoms with E-state index in [1.165, 1.54) is 5.56 Å². The number of fused-ring (bicyclic) bond motifs is 1. The quantitative estimate of drug-likeness (QED) is 0.555. The summed E-state index contributed by atoms with van der Waals surface area (Å²) in [5, 5.41) is 0. The van der Waals surface area contributed by atoms with E-state index in [4.69, 9.17) is 10.5 Å². The number of aromatic nitrogens is 4. The van der Waals surface area contributed by atoms with E-state index in [2.05, 4.69) is 55.1 Å². The van der Waals surface area contributed by atoms with Gasteiger partial charge in [0.05, 0.1) is 6.54 Å². The van der Waals surface area contributed by atoms with E-state index < -0.39 is 5.60 Å². The van der Waals surface area contributed by atoms with Crippen molar-refractivity contribution in [2.24, 2.45) is 0 Å². The van der Waals surface area contributed by atoms with Gasteiger partial charge in [0.2, 0.25) is 0 Å². The number of imidazole rings is 1. The van der Waals surface area contributed by atoms with Gasteiger partial charge < -0.3 is 15.4 Å². The Labute approximate surface area is 189 Å². The first-order chi connectivity index (χ1) is 14.6. The topological polar surface area (TPSA) is 99.2 Å². The van der Waals surface area contributed by atoms with Crippen LogP contribution < -0.4 is 5.73 Å². The molecule has 4 rings (SSSR count). The summed E-state index contributed by atoms with van der Waals surface area (Å²) in [5.41, 5.74) is 9.19. The fourth-order valence-electron chi connectivity index (χ4n) is 3.85. The minimum atomic E-state index is -0.475. The van der Waals surface area contributed by atoms with Gasteiger partial charge >= 0.3 is 6.09 Å². The van der Waals surface area contributed by atoms with Crippen LogP contribution in [0.2, 0.25) is 0 Å². The Morgan fingerprint density at radius 3 is 2.61 bits per heavy atom. The molecule has 0 saturated carbocycles. The van der Waals surface area contributed by atoms with E-state index in [9.17, 15) is 4.79 Å². The summed E-state index contributed by atoms with van der Waals surface area (Å²) in [6.45, 7) is 9.50. The van der Waals surface area contributed by atoms with Crippen LogP contribution in [-0.2, 0) is 11.3 Å². The number of hydrogen-bond donors (Lipinski definition) is 1. The third kappa shape index (κ3) is 4.66.